The van der Waals surface area contributed by atoms with Gasteiger partial charge in [-0.25, -0.2) is 0 Å². The number of hydrogen-bond donors (Lipinski definition) is 1. The Kier molecular flexibility index (Phi) is 3.39. The van der Waals surface area contributed by atoms with Gasteiger partial charge < -0.3 is 9.67 Å². The van der Waals surface area contributed by atoms with E-state index in [1.54, 1.807) is 16.7 Å². The summed E-state index contributed by atoms with van der Waals surface area (Å²) in [5.74, 6) is -0.130. The summed E-state index contributed by atoms with van der Waals surface area (Å²) in [5.41, 5.74) is 2.70. The van der Waals surface area contributed by atoms with Crippen LogP contribution in [0.3, 0.4) is 0 Å². The van der Waals surface area contributed by atoms with Crippen LogP contribution < -0.4 is 0 Å². The first-order valence-corrected chi connectivity index (χ1v) is 6.89. The molecule has 0 radical (unpaired) electrons. The number of nitrogens with zero attached hydrogens (tertiary/aromatic N) is 2. The normalized spacial score (nSPS) is 11.0. The summed E-state index contributed by atoms with van der Waals surface area (Å²) in [7, 11) is 0. The van der Waals surface area contributed by atoms with Crippen LogP contribution >= 0.6 is 11.6 Å². The van der Waals surface area contributed by atoms with Crippen molar-refractivity contribution in [2.75, 3.05) is 0 Å². The fourth-order valence-electron chi connectivity index (χ4n) is 2.60. The fraction of sp³-hybridized carbons (Fsp3) is 0.125. The van der Waals surface area contributed by atoms with E-state index in [-0.39, 0.29) is 11.6 Å². The van der Waals surface area contributed by atoms with Gasteiger partial charge >= 0.3 is 0 Å². The highest BCUT2D eigenvalue weighted by Gasteiger charge is 2.19. The predicted octanol–water partition coefficient (Wildman–Crippen LogP) is 4.75. The van der Waals surface area contributed by atoms with Gasteiger partial charge in [-0.15, -0.1) is 4.91 Å². The maximum Gasteiger partial charge on any atom is 0.222 e. The van der Waals surface area contributed by atoms with Crippen LogP contribution in [0.2, 0.25) is 5.02 Å². The second-order valence-corrected chi connectivity index (χ2v) is 5.32. The molecule has 1 heterocycles. The molecule has 2 aromatic carbocycles. The van der Waals surface area contributed by atoms with Crippen LogP contribution in [-0.4, -0.2) is 9.67 Å². The number of aryl methyl sites for hydroxylation is 1. The molecule has 1 aromatic heterocycles. The van der Waals surface area contributed by atoms with Crippen molar-refractivity contribution < 1.29 is 5.11 Å². The average molecular weight is 301 g/mol. The first-order chi connectivity index (χ1) is 10.1. The van der Waals surface area contributed by atoms with E-state index in [1.807, 2.05) is 37.3 Å². The van der Waals surface area contributed by atoms with Gasteiger partial charge in [0.2, 0.25) is 5.88 Å². The second-order valence-electron chi connectivity index (χ2n) is 4.91. The van der Waals surface area contributed by atoms with Gasteiger partial charge in [0.05, 0.1) is 12.1 Å². The number of para-hydroxylation sites is 1. The molecule has 0 saturated heterocycles. The molecule has 0 bridgehead atoms. The van der Waals surface area contributed by atoms with Gasteiger partial charge in [0, 0.05) is 10.4 Å². The molecule has 0 spiro atoms. The first-order valence-electron chi connectivity index (χ1n) is 6.51. The number of fused-ring (bicyclic) bond motifs is 1. The number of rotatable bonds is 3. The molecule has 0 aliphatic heterocycles. The van der Waals surface area contributed by atoms with E-state index in [9.17, 15) is 10.0 Å². The summed E-state index contributed by atoms with van der Waals surface area (Å²) in [5, 5.41) is 14.6. The molecule has 0 unspecified atom stereocenters. The van der Waals surface area contributed by atoms with Gasteiger partial charge in [0.1, 0.15) is 0 Å². The van der Waals surface area contributed by atoms with E-state index < -0.39 is 0 Å². The number of halogens is 1. The number of aromatic hydroxyl groups is 1. The molecule has 3 rings (SSSR count). The molecule has 0 fully saturated rings. The summed E-state index contributed by atoms with van der Waals surface area (Å²) in [6.07, 6.45) is 0. The minimum Gasteiger partial charge on any atom is -0.493 e. The van der Waals surface area contributed by atoms with Crippen molar-refractivity contribution in [3.05, 3.63) is 63.5 Å². The smallest absolute Gasteiger partial charge is 0.222 e. The van der Waals surface area contributed by atoms with Gasteiger partial charge in [-0.1, -0.05) is 48.0 Å². The molecule has 1 N–H and O–H groups in total. The lowest BCUT2D eigenvalue weighted by Gasteiger charge is -2.10. The van der Waals surface area contributed by atoms with Crippen molar-refractivity contribution in [3.8, 4) is 5.88 Å². The van der Waals surface area contributed by atoms with Gasteiger partial charge in [-0.2, -0.15) is 0 Å². The minimum atomic E-state index is -0.130. The molecular weight excluding hydrogens is 288 g/mol. The monoisotopic (exact) mass is 300 g/mol. The van der Waals surface area contributed by atoms with Crippen molar-refractivity contribution in [1.29, 1.82) is 0 Å². The van der Waals surface area contributed by atoms with Crippen LogP contribution in [0.25, 0.3) is 10.9 Å². The molecule has 5 heteroatoms. The number of nitroso groups, excluding NO2 is 1. The predicted molar refractivity (Wildman–Crippen MR) is 84.3 cm³/mol. The van der Waals surface area contributed by atoms with Crippen LogP contribution in [0.5, 0.6) is 5.88 Å². The number of hydrogen-bond acceptors (Lipinski definition) is 3. The van der Waals surface area contributed by atoms with Crippen molar-refractivity contribution >= 4 is 28.2 Å². The van der Waals surface area contributed by atoms with Gasteiger partial charge in [-0.05, 0) is 29.3 Å². The van der Waals surface area contributed by atoms with Crippen LogP contribution in [0, 0.1) is 11.8 Å². The molecule has 3 aromatic rings. The SMILES string of the molecule is Cc1cccc2c(N=O)c(O)n(Cc3ccccc3Cl)c12. The molecule has 21 heavy (non-hydrogen) atoms. The van der Waals surface area contributed by atoms with Gasteiger partial charge in [-0.3, -0.25) is 0 Å². The third-order valence-corrected chi connectivity index (χ3v) is 3.98. The first kappa shape index (κ1) is 13.6. The van der Waals surface area contributed by atoms with E-state index >= 15 is 0 Å². The molecule has 0 aliphatic carbocycles. The molecule has 0 amide bonds. The quantitative estimate of drug-likeness (QED) is 0.709. The molecule has 4 nitrogen and oxygen atoms in total. The van der Waals surface area contributed by atoms with Crippen molar-refractivity contribution in [3.63, 3.8) is 0 Å². The Labute approximate surface area is 126 Å². The van der Waals surface area contributed by atoms with Crippen LogP contribution in [-0.2, 0) is 6.54 Å². The third-order valence-electron chi connectivity index (χ3n) is 3.61. The lowest BCUT2D eigenvalue weighted by molar-refractivity contribution is 0.430. The summed E-state index contributed by atoms with van der Waals surface area (Å²) in [6, 6.07) is 13.0. The van der Waals surface area contributed by atoms with Gasteiger partial charge in [0.15, 0.2) is 5.69 Å². The Hall–Kier alpha value is -2.33. The van der Waals surface area contributed by atoms with E-state index in [1.165, 1.54) is 0 Å². The van der Waals surface area contributed by atoms with Crippen LogP contribution in [0.15, 0.2) is 47.6 Å². The zero-order chi connectivity index (χ0) is 15.0. The summed E-state index contributed by atoms with van der Waals surface area (Å²) < 4.78 is 1.67. The van der Waals surface area contributed by atoms with E-state index in [0.717, 1.165) is 16.6 Å². The van der Waals surface area contributed by atoms with E-state index in [0.29, 0.717) is 17.0 Å². The van der Waals surface area contributed by atoms with Crippen molar-refractivity contribution in [2.45, 2.75) is 13.5 Å². The van der Waals surface area contributed by atoms with Crippen molar-refractivity contribution in [2.24, 2.45) is 5.18 Å². The van der Waals surface area contributed by atoms with Gasteiger partial charge in [0.25, 0.3) is 0 Å². The highest BCUT2D eigenvalue weighted by molar-refractivity contribution is 6.31. The third kappa shape index (κ3) is 2.17. The lowest BCUT2D eigenvalue weighted by Crippen LogP contribution is -2.00. The Morgan fingerprint density at radius 1 is 1.19 bits per heavy atom. The maximum absolute atomic E-state index is 11.0. The molecule has 0 aliphatic rings. The Bertz CT molecular complexity index is 840. The summed E-state index contributed by atoms with van der Waals surface area (Å²) >= 11 is 6.18. The number of benzene rings is 2. The summed E-state index contributed by atoms with van der Waals surface area (Å²) in [6.45, 7) is 2.31. The lowest BCUT2D eigenvalue weighted by atomic mass is 10.1. The second kappa shape index (κ2) is 5.22. The largest absolute Gasteiger partial charge is 0.493 e. The Morgan fingerprint density at radius 2 is 1.95 bits per heavy atom. The molecular formula is C16H13ClN2O2. The number of aromatic nitrogens is 1. The van der Waals surface area contributed by atoms with E-state index in [2.05, 4.69) is 5.18 Å². The zero-order valence-electron chi connectivity index (χ0n) is 11.4. The minimum absolute atomic E-state index is 0.0701. The Balaban J connectivity index is 2.25. The molecule has 106 valence electrons. The van der Waals surface area contributed by atoms with E-state index in [4.69, 9.17) is 11.6 Å². The summed E-state index contributed by atoms with van der Waals surface area (Å²) in [4.78, 5) is 11.0. The highest BCUT2D eigenvalue weighted by atomic mass is 35.5. The topological polar surface area (TPSA) is 54.6 Å². The molecule has 0 atom stereocenters. The van der Waals surface area contributed by atoms with Crippen molar-refractivity contribution in [1.82, 2.24) is 4.57 Å². The highest BCUT2D eigenvalue weighted by Crippen LogP contribution is 2.40. The zero-order valence-corrected chi connectivity index (χ0v) is 12.1. The van der Waals surface area contributed by atoms with Crippen LogP contribution in [0.1, 0.15) is 11.1 Å². The standard InChI is InChI=1S/C16H13ClN2O2/c1-10-5-4-7-12-14(18-21)16(20)19(15(10)12)9-11-6-2-3-8-13(11)17/h2-8,20H,9H2,1H3. The Morgan fingerprint density at radius 3 is 2.67 bits per heavy atom. The average Bonchev–Trinajstić information content (AvgIpc) is 2.75. The maximum atomic E-state index is 11.0. The van der Waals surface area contributed by atoms with Crippen LogP contribution in [0.4, 0.5) is 5.69 Å². The fourth-order valence-corrected chi connectivity index (χ4v) is 2.80. The molecule has 0 saturated carbocycles.